The summed E-state index contributed by atoms with van der Waals surface area (Å²) in [5.74, 6) is 0.312. The molecule has 1 unspecified atom stereocenters. The van der Waals surface area contributed by atoms with Gasteiger partial charge < -0.3 is 15.0 Å². The fourth-order valence-corrected chi connectivity index (χ4v) is 3.36. The summed E-state index contributed by atoms with van der Waals surface area (Å²) in [7, 11) is 0. The van der Waals surface area contributed by atoms with Crippen molar-refractivity contribution in [1.82, 2.24) is 10.2 Å². The minimum atomic E-state index is -0.698. The highest BCUT2D eigenvalue weighted by Crippen LogP contribution is 2.23. The first-order valence-corrected chi connectivity index (χ1v) is 11.1. The Balaban J connectivity index is 2.16. The predicted molar refractivity (Wildman–Crippen MR) is 124 cm³/mol. The number of hydrogen-bond donors (Lipinski definition) is 1. The molecule has 162 valence electrons. The number of carbonyl (C=O) groups is 2. The number of nitrogens with zero attached hydrogens (tertiary/aromatic N) is 1. The van der Waals surface area contributed by atoms with Gasteiger partial charge >= 0.3 is 0 Å². The van der Waals surface area contributed by atoms with Crippen molar-refractivity contribution >= 4 is 50.9 Å². The first-order valence-electron chi connectivity index (χ1n) is 9.57. The van der Waals surface area contributed by atoms with E-state index in [1.54, 1.807) is 37.3 Å². The van der Waals surface area contributed by atoms with Crippen molar-refractivity contribution in [1.29, 1.82) is 0 Å². The second-order valence-electron chi connectivity index (χ2n) is 7.31. The molecule has 1 atom stereocenters. The minimum absolute atomic E-state index is 0.162. The van der Waals surface area contributed by atoms with Crippen LogP contribution >= 0.6 is 39.1 Å². The second kappa shape index (κ2) is 11.6. The fourth-order valence-electron chi connectivity index (χ4n) is 2.63. The van der Waals surface area contributed by atoms with Gasteiger partial charge in [0, 0.05) is 27.6 Å². The van der Waals surface area contributed by atoms with Gasteiger partial charge in [-0.25, -0.2) is 0 Å². The van der Waals surface area contributed by atoms with Gasteiger partial charge in [-0.3, -0.25) is 9.59 Å². The molecule has 5 nitrogen and oxygen atoms in total. The molecule has 30 heavy (non-hydrogen) atoms. The van der Waals surface area contributed by atoms with Crippen LogP contribution in [0.1, 0.15) is 26.3 Å². The van der Waals surface area contributed by atoms with Crippen LogP contribution < -0.4 is 10.1 Å². The molecular weight excluding hydrogens is 491 g/mol. The van der Waals surface area contributed by atoms with Crippen molar-refractivity contribution in [3.63, 3.8) is 0 Å². The summed E-state index contributed by atoms with van der Waals surface area (Å²) in [5, 5.41) is 3.81. The second-order valence-corrected chi connectivity index (χ2v) is 9.07. The third-order valence-corrected chi connectivity index (χ3v) is 5.50. The molecular formula is C22H25BrCl2N2O3. The number of halogens is 3. The van der Waals surface area contributed by atoms with E-state index in [1.165, 1.54) is 4.90 Å². The molecule has 0 saturated carbocycles. The Bertz CT molecular complexity index is 875. The fraction of sp³-hybridized carbons (Fsp3) is 0.364. The van der Waals surface area contributed by atoms with Crippen molar-refractivity contribution in [2.24, 2.45) is 5.92 Å². The van der Waals surface area contributed by atoms with Crippen LogP contribution in [0.3, 0.4) is 0 Å². The number of hydrogen-bond acceptors (Lipinski definition) is 3. The van der Waals surface area contributed by atoms with E-state index in [2.05, 4.69) is 21.2 Å². The Morgan fingerprint density at radius 2 is 1.77 bits per heavy atom. The van der Waals surface area contributed by atoms with Crippen LogP contribution in [-0.2, 0) is 16.1 Å². The standard InChI is InChI=1S/C22H25BrCl2N2O3/c1-14(2)11-26-22(29)15(3)27(12-16-4-7-18(24)10-20(16)25)21(28)13-30-19-8-5-17(23)6-9-19/h4-10,14-15H,11-13H2,1-3H3,(H,26,29). The Labute approximate surface area is 195 Å². The third kappa shape index (κ3) is 7.49. The van der Waals surface area contributed by atoms with E-state index in [1.807, 2.05) is 26.0 Å². The molecule has 0 bridgehead atoms. The molecule has 2 amide bonds. The molecule has 2 aromatic carbocycles. The Morgan fingerprint density at radius 3 is 2.37 bits per heavy atom. The molecule has 0 fully saturated rings. The highest BCUT2D eigenvalue weighted by molar-refractivity contribution is 9.10. The smallest absolute Gasteiger partial charge is 0.261 e. The molecule has 2 aromatic rings. The SMILES string of the molecule is CC(C)CNC(=O)C(C)N(Cc1ccc(Cl)cc1Cl)C(=O)COc1ccc(Br)cc1. The van der Waals surface area contributed by atoms with Gasteiger partial charge in [-0.1, -0.05) is 59.0 Å². The number of carbonyl (C=O) groups excluding carboxylic acids is 2. The van der Waals surface area contributed by atoms with E-state index in [-0.39, 0.29) is 25.0 Å². The van der Waals surface area contributed by atoms with Crippen LogP contribution in [0.25, 0.3) is 0 Å². The average molecular weight is 516 g/mol. The Kier molecular flexibility index (Phi) is 9.46. The molecule has 1 N–H and O–H groups in total. The first kappa shape index (κ1) is 24.5. The van der Waals surface area contributed by atoms with Crippen molar-refractivity contribution in [3.05, 3.63) is 62.5 Å². The zero-order chi connectivity index (χ0) is 22.3. The van der Waals surface area contributed by atoms with E-state index in [0.717, 1.165) is 4.47 Å². The van der Waals surface area contributed by atoms with Crippen molar-refractivity contribution in [2.75, 3.05) is 13.2 Å². The molecule has 2 rings (SSSR count). The van der Waals surface area contributed by atoms with Gasteiger partial charge in [0.05, 0.1) is 0 Å². The normalized spacial score (nSPS) is 11.8. The van der Waals surface area contributed by atoms with Crippen molar-refractivity contribution in [2.45, 2.75) is 33.4 Å². The summed E-state index contributed by atoms with van der Waals surface area (Å²) in [6.45, 7) is 6.20. The highest BCUT2D eigenvalue weighted by atomic mass is 79.9. The molecule has 0 aliphatic heterocycles. The van der Waals surface area contributed by atoms with Gasteiger partial charge in [0.1, 0.15) is 11.8 Å². The van der Waals surface area contributed by atoms with Crippen LogP contribution in [0.4, 0.5) is 0 Å². The van der Waals surface area contributed by atoms with E-state index in [4.69, 9.17) is 27.9 Å². The lowest BCUT2D eigenvalue weighted by Gasteiger charge is -2.29. The highest BCUT2D eigenvalue weighted by Gasteiger charge is 2.27. The van der Waals surface area contributed by atoms with Gasteiger partial charge in [0.2, 0.25) is 5.91 Å². The topological polar surface area (TPSA) is 58.6 Å². The molecule has 8 heteroatoms. The summed E-state index contributed by atoms with van der Waals surface area (Å²) in [6.07, 6.45) is 0. The van der Waals surface area contributed by atoms with Gasteiger partial charge in [-0.05, 0) is 54.8 Å². The van der Waals surface area contributed by atoms with Gasteiger partial charge in [-0.15, -0.1) is 0 Å². The predicted octanol–water partition coefficient (Wildman–Crippen LogP) is 5.32. The maximum absolute atomic E-state index is 13.0. The molecule has 0 heterocycles. The van der Waals surface area contributed by atoms with E-state index in [9.17, 15) is 9.59 Å². The van der Waals surface area contributed by atoms with Gasteiger partial charge in [0.25, 0.3) is 5.91 Å². The van der Waals surface area contributed by atoms with Crippen LogP contribution in [0.5, 0.6) is 5.75 Å². The molecule has 0 aliphatic rings. The van der Waals surface area contributed by atoms with E-state index >= 15 is 0 Å². The first-order chi connectivity index (χ1) is 14.2. The van der Waals surface area contributed by atoms with Crippen LogP contribution in [0, 0.1) is 5.92 Å². The zero-order valence-electron chi connectivity index (χ0n) is 17.1. The van der Waals surface area contributed by atoms with Crippen molar-refractivity contribution < 1.29 is 14.3 Å². The summed E-state index contributed by atoms with van der Waals surface area (Å²) in [6, 6.07) is 11.5. The Hall–Kier alpha value is -1.76. The molecule has 0 radical (unpaired) electrons. The maximum atomic E-state index is 13.0. The molecule has 0 spiro atoms. The van der Waals surface area contributed by atoms with Gasteiger partial charge in [0.15, 0.2) is 6.61 Å². The number of rotatable bonds is 9. The van der Waals surface area contributed by atoms with Gasteiger partial charge in [-0.2, -0.15) is 0 Å². The summed E-state index contributed by atoms with van der Waals surface area (Å²) in [4.78, 5) is 27.1. The molecule has 0 saturated heterocycles. The van der Waals surface area contributed by atoms with E-state index < -0.39 is 6.04 Å². The number of ether oxygens (including phenoxy) is 1. The van der Waals surface area contributed by atoms with Crippen molar-refractivity contribution in [3.8, 4) is 5.75 Å². The largest absolute Gasteiger partial charge is 0.484 e. The minimum Gasteiger partial charge on any atom is -0.484 e. The quantitative estimate of drug-likeness (QED) is 0.491. The maximum Gasteiger partial charge on any atom is 0.261 e. The lowest BCUT2D eigenvalue weighted by molar-refractivity contribution is -0.142. The lowest BCUT2D eigenvalue weighted by atomic mass is 10.1. The monoisotopic (exact) mass is 514 g/mol. The van der Waals surface area contributed by atoms with E-state index in [0.29, 0.717) is 33.8 Å². The van der Waals surface area contributed by atoms with Crippen LogP contribution in [0.15, 0.2) is 46.9 Å². The molecule has 0 aromatic heterocycles. The average Bonchev–Trinajstić information content (AvgIpc) is 2.70. The number of nitrogens with one attached hydrogen (secondary N) is 1. The number of amides is 2. The van der Waals surface area contributed by atoms with Crippen LogP contribution in [0.2, 0.25) is 10.0 Å². The summed E-state index contributed by atoms with van der Waals surface area (Å²) < 4.78 is 6.53. The zero-order valence-corrected chi connectivity index (χ0v) is 20.2. The van der Waals surface area contributed by atoms with Crippen LogP contribution in [-0.4, -0.2) is 35.9 Å². The third-order valence-electron chi connectivity index (χ3n) is 4.38. The lowest BCUT2D eigenvalue weighted by Crippen LogP contribution is -2.49. The number of benzene rings is 2. The summed E-state index contributed by atoms with van der Waals surface area (Å²) in [5.41, 5.74) is 0.696. The molecule has 0 aliphatic carbocycles. The Morgan fingerprint density at radius 1 is 1.10 bits per heavy atom. The summed E-state index contributed by atoms with van der Waals surface area (Å²) >= 11 is 15.6.